The summed E-state index contributed by atoms with van der Waals surface area (Å²) in [5.41, 5.74) is -2.94. The van der Waals surface area contributed by atoms with Crippen molar-refractivity contribution < 1.29 is 47.6 Å². The van der Waals surface area contributed by atoms with Crippen molar-refractivity contribution in [2.24, 2.45) is 5.92 Å². The number of carbonyl (C=O) groups excluding carboxylic acids is 3. The van der Waals surface area contributed by atoms with E-state index in [0.717, 1.165) is 13.4 Å². The van der Waals surface area contributed by atoms with Gasteiger partial charge in [-0.1, -0.05) is 18.5 Å². The first-order valence-corrected chi connectivity index (χ1v) is 13.2. The summed E-state index contributed by atoms with van der Waals surface area (Å²) >= 11 is 6.51. The summed E-state index contributed by atoms with van der Waals surface area (Å²) < 4.78 is 32.7. The van der Waals surface area contributed by atoms with Crippen molar-refractivity contribution in [3.05, 3.63) is 68.2 Å². The molecule has 2 aliphatic rings. The van der Waals surface area contributed by atoms with Crippen molar-refractivity contribution in [3.8, 4) is 23.0 Å². The van der Waals surface area contributed by atoms with E-state index in [1.165, 1.54) is 33.5 Å². The molecule has 5 rings (SSSR count). The van der Waals surface area contributed by atoms with Gasteiger partial charge in [-0.3, -0.25) is 19.2 Å². The zero-order valence-electron chi connectivity index (χ0n) is 23.4. The van der Waals surface area contributed by atoms with Crippen LogP contribution in [0.5, 0.6) is 23.0 Å². The number of benzene rings is 2. The van der Waals surface area contributed by atoms with E-state index in [1.807, 2.05) is 0 Å². The second-order valence-corrected chi connectivity index (χ2v) is 10.3. The number of methoxy groups -OCH3 is 4. The first-order valence-electron chi connectivity index (χ1n) is 12.8. The molecule has 1 N–H and O–H groups in total. The van der Waals surface area contributed by atoms with Gasteiger partial charge < -0.3 is 33.2 Å². The first kappa shape index (κ1) is 29.0. The molecule has 42 heavy (non-hydrogen) atoms. The molecule has 1 spiro atoms. The third kappa shape index (κ3) is 4.18. The van der Waals surface area contributed by atoms with E-state index in [4.69, 9.17) is 39.7 Å². The fourth-order valence-corrected chi connectivity index (χ4v) is 5.91. The van der Waals surface area contributed by atoms with Gasteiger partial charge in [-0.2, -0.15) is 0 Å². The topological polar surface area (TPSA) is 148 Å². The lowest BCUT2D eigenvalue weighted by Crippen LogP contribution is -2.53. The largest absolute Gasteiger partial charge is 0.507 e. The van der Waals surface area contributed by atoms with Gasteiger partial charge in [0.25, 0.3) is 0 Å². The SMILES string of the molecule is COC(=O)CC(C1=C(O)[C@@]2(Oc3c(Cl)c(OC)cc(OC)c3C2=O)[C@H](C)CC1=O)c1coc2ccc(OC)cc2c1=O. The van der Waals surface area contributed by atoms with Crippen molar-refractivity contribution in [2.45, 2.75) is 31.3 Å². The number of aliphatic hydroxyl groups excluding tert-OH is 1. The molecule has 2 aromatic carbocycles. The monoisotopic (exact) mass is 598 g/mol. The Balaban J connectivity index is 1.76. The quantitative estimate of drug-likeness (QED) is 0.382. The highest BCUT2D eigenvalue weighted by atomic mass is 35.5. The number of ether oxygens (including phenoxy) is 5. The minimum absolute atomic E-state index is 0.0350. The smallest absolute Gasteiger partial charge is 0.306 e. The average Bonchev–Trinajstić information content (AvgIpc) is 3.30. The van der Waals surface area contributed by atoms with Crippen LogP contribution in [0.1, 0.15) is 41.6 Å². The van der Waals surface area contributed by atoms with Crippen LogP contribution in [0.25, 0.3) is 11.0 Å². The Morgan fingerprint density at radius 1 is 1.10 bits per heavy atom. The number of esters is 1. The minimum atomic E-state index is -2.11. The number of fused-ring (bicyclic) bond motifs is 2. The van der Waals surface area contributed by atoms with Gasteiger partial charge in [0.15, 0.2) is 22.7 Å². The lowest BCUT2D eigenvalue weighted by Gasteiger charge is -2.38. The normalized spacial score (nSPS) is 20.4. The van der Waals surface area contributed by atoms with Crippen LogP contribution in [0, 0.1) is 5.92 Å². The second kappa shape index (κ2) is 10.7. The Bertz CT molecular complexity index is 1740. The summed E-state index contributed by atoms with van der Waals surface area (Å²) in [4.78, 5) is 54.1. The van der Waals surface area contributed by atoms with E-state index < -0.39 is 52.6 Å². The number of aliphatic hydroxyl groups is 1. The molecule has 0 bridgehead atoms. The van der Waals surface area contributed by atoms with Crippen LogP contribution < -0.4 is 24.4 Å². The first-order chi connectivity index (χ1) is 20.0. The van der Waals surface area contributed by atoms with Gasteiger partial charge in [0.2, 0.25) is 11.4 Å². The molecule has 220 valence electrons. The zero-order valence-corrected chi connectivity index (χ0v) is 24.1. The number of hydrogen-bond acceptors (Lipinski definition) is 11. The maximum atomic E-state index is 14.1. The van der Waals surface area contributed by atoms with Crippen LogP contribution >= 0.6 is 11.6 Å². The molecule has 3 atom stereocenters. The molecular formula is C30H27ClO11. The van der Waals surface area contributed by atoms with Crippen LogP contribution in [0.3, 0.4) is 0 Å². The molecule has 0 fully saturated rings. The van der Waals surface area contributed by atoms with E-state index in [9.17, 15) is 24.3 Å². The molecule has 11 nitrogen and oxygen atoms in total. The van der Waals surface area contributed by atoms with Crippen LogP contribution in [-0.2, 0) is 14.3 Å². The molecule has 12 heteroatoms. The van der Waals surface area contributed by atoms with Crippen molar-refractivity contribution in [1.82, 2.24) is 0 Å². The van der Waals surface area contributed by atoms with Crippen molar-refractivity contribution >= 4 is 40.1 Å². The summed E-state index contributed by atoms with van der Waals surface area (Å²) in [6.07, 6.45) is 0.339. The van der Waals surface area contributed by atoms with Crippen molar-refractivity contribution in [3.63, 3.8) is 0 Å². The molecule has 1 unspecified atom stereocenters. The van der Waals surface area contributed by atoms with Gasteiger partial charge in [0.05, 0.1) is 46.5 Å². The molecule has 0 saturated carbocycles. The Hall–Kier alpha value is -4.51. The third-order valence-corrected chi connectivity index (χ3v) is 8.20. The number of carbonyl (C=O) groups is 3. The number of hydrogen-bond donors (Lipinski definition) is 1. The molecule has 2 heterocycles. The predicted molar refractivity (Wildman–Crippen MR) is 149 cm³/mol. The maximum absolute atomic E-state index is 14.1. The molecule has 3 aromatic rings. The number of ketones is 2. The number of Topliss-reactive ketones (excluding diaryl/α,β-unsaturated/α-hetero) is 2. The maximum Gasteiger partial charge on any atom is 0.306 e. The Morgan fingerprint density at radius 2 is 1.81 bits per heavy atom. The van der Waals surface area contributed by atoms with E-state index >= 15 is 0 Å². The van der Waals surface area contributed by atoms with Crippen LogP contribution in [0.2, 0.25) is 5.02 Å². The number of allylic oxidation sites excluding steroid dienone is 1. The minimum Gasteiger partial charge on any atom is -0.507 e. The molecule has 0 radical (unpaired) electrons. The van der Waals surface area contributed by atoms with E-state index in [-0.39, 0.29) is 56.4 Å². The Labute approximate surface area is 244 Å². The summed E-state index contributed by atoms with van der Waals surface area (Å²) in [5, 5.41) is 12.0. The van der Waals surface area contributed by atoms with Gasteiger partial charge in [-0.05, 0) is 18.2 Å². The lowest BCUT2D eigenvalue weighted by atomic mass is 9.69. The average molecular weight is 599 g/mol. The van der Waals surface area contributed by atoms with Crippen LogP contribution in [0.15, 0.2) is 51.1 Å². The van der Waals surface area contributed by atoms with E-state index in [2.05, 4.69) is 0 Å². The summed E-state index contributed by atoms with van der Waals surface area (Å²) in [5.74, 6) is -4.52. The molecule has 0 amide bonds. The molecule has 0 saturated heterocycles. The highest BCUT2D eigenvalue weighted by molar-refractivity contribution is 6.35. The summed E-state index contributed by atoms with van der Waals surface area (Å²) in [6, 6.07) is 6.02. The number of rotatable bonds is 7. The van der Waals surface area contributed by atoms with Gasteiger partial charge >= 0.3 is 5.97 Å². The van der Waals surface area contributed by atoms with E-state index in [1.54, 1.807) is 19.1 Å². The highest BCUT2D eigenvalue weighted by Crippen LogP contribution is 2.55. The van der Waals surface area contributed by atoms with Gasteiger partial charge in [0, 0.05) is 35.5 Å². The fraction of sp³-hybridized carbons (Fsp3) is 0.333. The van der Waals surface area contributed by atoms with Crippen LogP contribution in [0.4, 0.5) is 0 Å². The highest BCUT2D eigenvalue weighted by Gasteiger charge is 2.61. The Morgan fingerprint density at radius 3 is 2.45 bits per heavy atom. The molecular weight excluding hydrogens is 572 g/mol. The van der Waals surface area contributed by atoms with Gasteiger partial charge in [-0.15, -0.1) is 0 Å². The molecule has 1 aromatic heterocycles. The van der Waals surface area contributed by atoms with Gasteiger partial charge in [-0.25, -0.2) is 0 Å². The van der Waals surface area contributed by atoms with Crippen LogP contribution in [-0.4, -0.2) is 56.7 Å². The lowest BCUT2D eigenvalue weighted by molar-refractivity contribution is -0.140. The van der Waals surface area contributed by atoms with Crippen molar-refractivity contribution in [1.29, 1.82) is 0 Å². The van der Waals surface area contributed by atoms with Crippen molar-refractivity contribution in [2.75, 3.05) is 28.4 Å². The number of halogens is 1. The van der Waals surface area contributed by atoms with E-state index in [0.29, 0.717) is 5.75 Å². The molecule has 1 aliphatic heterocycles. The molecule has 1 aliphatic carbocycles. The fourth-order valence-electron chi connectivity index (χ4n) is 5.65. The van der Waals surface area contributed by atoms with Gasteiger partial charge in [0.1, 0.15) is 33.4 Å². The zero-order chi connectivity index (χ0) is 30.5. The third-order valence-electron chi connectivity index (χ3n) is 7.84. The predicted octanol–water partition coefficient (Wildman–Crippen LogP) is 4.55. The standard InChI is InChI=1S/C30H27ClO11/c1-13-8-18(32)23(28(35)30(13)29(36)24-20(38-3)11-21(39-4)25(31)27(24)42-30)15(10-22(33)40-5)17-12-41-19-7-6-14(37-2)9-16(19)26(17)34/h6-7,9,11-13,15,35H,8,10H2,1-5H3/t13-,15?,30+/m1/s1. The second-order valence-electron chi connectivity index (χ2n) is 9.97. The summed E-state index contributed by atoms with van der Waals surface area (Å²) in [6.45, 7) is 1.57. The summed E-state index contributed by atoms with van der Waals surface area (Å²) in [7, 11) is 5.30. The Kier molecular flexibility index (Phi) is 7.40.